The van der Waals surface area contributed by atoms with E-state index in [2.05, 4.69) is 9.71 Å². The first-order valence-corrected chi connectivity index (χ1v) is 9.97. The molecule has 0 atom stereocenters. The molecule has 1 aliphatic heterocycles. The second-order valence-corrected chi connectivity index (χ2v) is 7.99. The molecule has 2 aromatic carbocycles. The predicted octanol–water partition coefficient (Wildman–Crippen LogP) is 2.82. The first-order valence-electron chi connectivity index (χ1n) is 8.53. The normalized spacial score (nSPS) is 15.9. The maximum absolute atomic E-state index is 12.9. The minimum atomic E-state index is -3.85. The summed E-state index contributed by atoms with van der Waals surface area (Å²) in [5.74, 6) is -0.148. The van der Waals surface area contributed by atoms with E-state index in [0.29, 0.717) is 23.5 Å². The lowest BCUT2D eigenvalue weighted by molar-refractivity contribution is -0.115. The van der Waals surface area contributed by atoms with E-state index in [1.54, 1.807) is 12.1 Å². The van der Waals surface area contributed by atoms with E-state index in [4.69, 9.17) is 0 Å². The summed E-state index contributed by atoms with van der Waals surface area (Å²) < 4.78 is 41.9. The highest BCUT2D eigenvalue weighted by molar-refractivity contribution is 7.90. The molecule has 8 heteroatoms. The Hall–Kier alpha value is -2.74. The molecular formula is C19H20FN3O3S. The van der Waals surface area contributed by atoms with Crippen molar-refractivity contribution in [3.8, 4) is 0 Å². The number of hydrogen-bond donors (Lipinski definition) is 1. The number of nitrogens with zero attached hydrogens (tertiary/aromatic N) is 2. The summed E-state index contributed by atoms with van der Waals surface area (Å²) >= 11 is 0. The Balaban J connectivity index is 1.73. The molecule has 1 amide bonds. The van der Waals surface area contributed by atoms with Crippen molar-refractivity contribution in [3.05, 3.63) is 59.9 Å². The highest BCUT2D eigenvalue weighted by Crippen LogP contribution is 2.20. The van der Waals surface area contributed by atoms with E-state index in [0.717, 1.165) is 13.0 Å². The number of halogens is 1. The number of likely N-dealkylation sites (tertiary alicyclic amines) is 1. The number of hydrogen-bond acceptors (Lipinski definition) is 3. The van der Waals surface area contributed by atoms with Crippen LogP contribution in [-0.2, 0) is 21.2 Å². The van der Waals surface area contributed by atoms with E-state index in [1.165, 1.54) is 36.4 Å². The lowest BCUT2D eigenvalue weighted by Gasteiger charge is -2.11. The number of nitrogens with one attached hydrogen (secondary N) is 1. The second-order valence-electron chi connectivity index (χ2n) is 6.39. The van der Waals surface area contributed by atoms with E-state index >= 15 is 0 Å². The SMILES string of the molecule is CN1CCCC1=NS(=O)(=O)c1cccc(NC(=O)Cc2ccc(F)cc2)c1. The van der Waals surface area contributed by atoms with Gasteiger partial charge in [-0.05, 0) is 42.3 Å². The van der Waals surface area contributed by atoms with Gasteiger partial charge in [-0.15, -0.1) is 4.40 Å². The number of amides is 1. The fraction of sp³-hybridized carbons (Fsp3) is 0.263. The highest BCUT2D eigenvalue weighted by atomic mass is 32.2. The van der Waals surface area contributed by atoms with Gasteiger partial charge in [0.2, 0.25) is 5.91 Å². The van der Waals surface area contributed by atoms with E-state index < -0.39 is 10.0 Å². The minimum absolute atomic E-state index is 0.0230. The van der Waals surface area contributed by atoms with Crippen molar-refractivity contribution in [1.82, 2.24) is 4.90 Å². The van der Waals surface area contributed by atoms with Crippen molar-refractivity contribution in [2.75, 3.05) is 18.9 Å². The molecule has 1 aliphatic rings. The quantitative estimate of drug-likeness (QED) is 0.853. The maximum Gasteiger partial charge on any atom is 0.284 e. The first kappa shape index (κ1) is 19.0. The average molecular weight is 389 g/mol. The third-order valence-electron chi connectivity index (χ3n) is 4.25. The van der Waals surface area contributed by atoms with Gasteiger partial charge in [-0.25, -0.2) is 4.39 Å². The summed E-state index contributed by atoms with van der Waals surface area (Å²) in [5, 5.41) is 2.66. The third-order valence-corrected chi connectivity index (χ3v) is 5.55. The number of carbonyl (C=O) groups is 1. The van der Waals surface area contributed by atoms with Gasteiger partial charge in [-0.3, -0.25) is 4.79 Å². The molecule has 2 aromatic rings. The van der Waals surface area contributed by atoms with Gasteiger partial charge in [-0.1, -0.05) is 18.2 Å². The molecule has 0 spiro atoms. The van der Waals surface area contributed by atoms with Gasteiger partial charge < -0.3 is 10.2 Å². The molecule has 3 rings (SSSR count). The van der Waals surface area contributed by atoms with E-state index in [1.807, 2.05) is 11.9 Å². The summed E-state index contributed by atoms with van der Waals surface area (Å²) in [4.78, 5) is 14.0. The molecular weight excluding hydrogens is 369 g/mol. The van der Waals surface area contributed by atoms with Gasteiger partial charge in [0.05, 0.1) is 11.3 Å². The molecule has 0 aliphatic carbocycles. The summed E-state index contributed by atoms with van der Waals surface area (Å²) in [7, 11) is -2.03. The topological polar surface area (TPSA) is 78.8 Å². The van der Waals surface area contributed by atoms with Crippen LogP contribution in [0.1, 0.15) is 18.4 Å². The van der Waals surface area contributed by atoms with Crippen molar-refractivity contribution in [2.45, 2.75) is 24.2 Å². The Labute approximate surface area is 157 Å². The summed E-state index contributed by atoms with van der Waals surface area (Å²) in [6, 6.07) is 11.6. The Bertz CT molecular complexity index is 972. The van der Waals surface area contributed by atoms with Crippen LogP contribution < -0.4 is 5.32 Å². The van der Waals surface area contributed by atoms with Crippen molar-refractivity contribution in [1.29, 1.82) is 0 Å². The third kappa shape index (κ3) is 4.91. The Kier molecular flexibility index (Phi) is 5.55. The Morgan fingerprint density at radius 1 is 1.22 bits per heavy atom. The van der Waals surface area contributed by atoms with E-state index in [-0.39, 0.29) is 23.0 Å². The number of rotatable bonds is 5. The zero-order valence-electron chi connectivity index (χ0n) is 14.9. The lowest BCUT2D eigenvalue weighted by Crippen LogP contribution is -2.20. The fourth-order valence-electron chi connectivity index (χ4n) is 2.83. The Morgan fingerprint density at radius 3 is 2.63 bits per heavy atom. The van der Waals surface area contributed by atoms with Crippen molar-refractivity contribution >= 4 is 27.5 Å². The van der Waals surface area contributed by atoms with Crippen LogP contribution in [0.5, 0.6) is 0 Å². The Morgan fingerprint density at radius 2 is 1.96 bits per heavy atom. The molecule has 1 heterocycles. The maximum atomic E-state index is 12.9. The van der Waals surface area contributed by atoms with Crippen molar-refractivity contribution in [2.24, 2.45) is 4.40 Å². The first-order chi connectivity index (χ1) is 12.8. The van der Waals surface area contributed by atoms with Gasteiger partial charge in [0, 0.05) is 25.7 Å². The molecule has 0 aromatic heterocycles. The van der Waals surface area contributed by atoms with Gasteiger partial charge in [0.25, 0.3) is 10.0 Å². The van der Waals surface area contributed by atoms with Crippen LogP contribution in [-0.4, -0.2) is 38.7 Å². The largest absolute Gasteiger partial charge is 0.362 e. The minimum Gasteiger partial charge on any atom is -0.362 e. The zero-order chi connectivity index (χ0) is 19.4. The van der Waals surface area contributed by atoms with Crippen LogP contribution in [0.4, 0.5) is 10.1 Å². The molecule has 0 bridgehead atoms. The van der Waals surface area contributed by atoms with Gasteiger partial charge in [0.15, 0.2) is 0 Å². The molecule has 1 saturated heterocycles. The summed E-state index contributed by atoms with van der Waals surface area (Å²) in [6.07, 6.45) is 1.57. The van der Waals surface area contributed by atoms with Gasteiger partial charge in [0.1, 0.15) is 11.7 Å². The molecule has 142 valence electrons. The standard InChI is InChI=1S/C19H20FN3O3S/c1-23-11-3-6-18(23)22-27(25,26)17-5-2-4-16(13-17)21-19(24)12-14-7-9-15(20)10-8-14/h2,4-5,7-10,13H,3,6,11-12H2,1H3,(H,21,24). The van der Waals surface area contributed by atoms with Crippen LogP contribution in [0, 0.1) is 5.82 Å². The molecule has 0 radical (unpaired) electrons. The van der Waals surface area contributed by atoms with Gasteiger partial charge in [-0.2, -0.15) is 8.42 Å². The van der Waals surface area contributed by atoms with Gasteiger partial charge >= 0.3 is 0 Å². The van der Waals surface area contributed by atoms with Crippen LogP contribution in [0.3, 0.4) is 0 Å². The molecule has 27 heavy (non-hydrogen) atoms. The smallest absolute Gasteiger partial charge is 0.284 e. The summed E-state index contributed by atoms with van der Waals surface area (Å²) in [5.41, 5.74) is 1.02. The predicted molar refractivity (Wildman–Crippen MR) is 102 cm³/mol. The molecule has 0 unspecified atom stereocenters. The van der Waals surface area contributed by atoms with E-state index in [9.17, 15) is 17.6 Å². The number of carbonyl (C=O) groups excluding carboxylic acids is 1. The van der Waals surface area contributed by atoms with Crippen LogP contribution in [0.15, 0.2) is 57.8 Å². The second kappa shape index (κ2) is 7.87. The fourth-order valence-corrected chi connectivity index (χ4v) is 3.97. The molecule has 1 fully saturated rings. The monoisotopic (exact) mass is 389 g/mol. The number of benzene rings is 2. The number of sulfonamides is 1. The van der Waals surface area contributed by atoms with Crippen LogP contribution >= 0.6 is 0 Å². The lowest BCUT2D eigenvalue weighted by atomic mass is 10.1. The summed E-state index contributed by atoms with van der Waals surface area (Å²) in [6.45, 7) is 0.786. The highest BCUT2D eigenvalue weighted by Gasteiger charge is 2.20. The number of anilines is 1. The van der Waals surface area contributed by atoms with Crippen molar-refractivity contribution < 1.29 is 17.6 Å². The molecule has 0 saturated carbocycles. The molecule has 6 nitrogen and oxygen atoms in total. The molecule has 1 N–H and O–H groups in total. The van der Waals surface area contributed by atoms with Crippen LogP contribution in [0.25, 0.3) is 0 Å². The zero-order valence-corrected chi connectivity index (χ0v) is 15.7. The number of amidine groups is 1. The van der Waals surface area contributed by atoms with Crippen molar-refractivity contribution in [3.63, 3.8) is 0 Å². The van der Waals surface area contributed by atoms with Crippen LogP contribution in [0.2, 0.25) is 0 Å². The average Bonchev–Trinajstić information content (AvgIpc) is 3.01.